The largest absolute Gasteiger partial charge is 0.416 e. The Labute approximate surface area is 195 Å². The summed E-state index contributed by atoms with van der Waals surface area (Å²) in [5.74, 6) is 1.36. The van der Waals surface area contributed by atoms with Gasteiger partial charge in [-0.1, -0.05) is 12.1 Å². The van der Waals surface area contributed by atoms with E-state index in [0.29, 0.717) is 30.6 Å². The van der Waals surface area contributed by atoms with Crippen molar-refractivity contribution in [2.75, 3.05) is 30.4 Å². The second-order valence-electron chi connectivity index (χ2n) is 8.99. The summed E-state index contributed by atoms with van der Waals surface area (Å²) in [6.07, 6.45) is -1.36. The molecule has 0 saturated carbocycles. The SMILES string of the molecule is CNCc1nnc(NC(C)c2cccc(C(F)(F)F)c2C)c2cc(N3C[C@H]4C[C@@H]3CO4)ncc12. The number of morpholine rings is 1. The topological polar surface area (TPSA) is 75.2 Å². The number of fused-ring (bicyclic) bond motifs is 3. The van der Waals surface area contributed by atoms with E-state index in [9.17, 15) is 13.2 Å². The number of nitrogens with zero attached hydrogens (tertiary/aromatic N) is 4. The van der Waals surface area contributed by atoms with Gasteiger partial charge in [0.1, 0.15) is 5.82 Å². The number of hydrogen-bond acceptors (Lipinski definition) is 7. The summed E-state index contributed by atoms with van der Waals surface area (Å²) in [4.78, 5) is 6.96. The molecule has 3 aromatic rings. The number of alkyl halides is 3. The van der Waals surface area contributed by atoms with Crippen LogP contribution in [-0.4, -0.2) is 47.5 Å². The molecule has 2 aliphatic heterocycles. The molecule has 0 amide bonds. The van der Waals surface area contributed by atoms with Crippen LogP contribution in [0, 0.1) is 6.92 Å². The predicted molar refractivity (Wildman–Crippen MR) is 124 cm³/mol. The summed E-state index contributed by atoms with van der Waals surface area (Å²) < 4.78 is 46.0. The normalized spacial score (nSPS) is 20.8. The molecule has 7 nitrogen and oxygen atoms in total. The van der Waals surface area contributed by atoms with E-state index in [1.54, 1.807) is 6.07 Å². The van der Waals surface area contributed by atoms with Crippen molar-refractivity contribution in [3.63, 3.8) is 0 Å². The van der Waals surface area contributed by atoms with E-state index in [4.69, 9.17) is 9.72 Å². The molecule has 2 bridgehead atoms. The van der Waals surface area contributed by atoms with Gasteiger partial charge >= 0.3 is 6.18 Å². The highest BCUT2D eigenvalue weighted by Crippen LogP contribution is 2.37. The summed E-state index contributed by atoms with van der Waals surface area (Å²) in [5.41, 5.74) is 0.898. The van der Waals surface area contributed by atoms with Gasteiger partial charge in [0.05, 0.1) is 36.1 Å². The lowest BCUT2D eigenvalue weighted by Gasteiger charge is -2.28. The lowest BCUT2D eigenvalue weighted by molar-refractivity contribution is -0.138. The maximum absolute atomic E-state index is 13.4. The van der Waals surface area contributed by atoms with Gasteiger partial charge in [-0.3, -0.25) is 0 Å². The second-order valence-corrected chi connectivity index (χ2v) is 8.99. The van der Waals surface area contributed by atoms with Crippen molar-refractivity contribution in [2.45, 2.75) is 51.2 Å². The number of aromatic nitrogens is 3. The molecule has 2 fully saturated rings. The number of anilines is 2. The van der Waals surface area contributed by atoms with Crippen LogP contribution >= 0.6 is 0 Å². The van der Waals surface area contributed by atoms with E-state index in [1.165, 1.54) is 13.0 Å². The van der Waals surface area contributed by atoms with E-state index >= 15 is 0 Å². The zero-order valence-corrected chi connectivity index (χ0v) is 19.3. The van der Waals surface area contributed by atoms with Crippen molar-refractivity contribution in [3.05, 3.63) is 52.8 Å². The number of benzene rings is 1. The molecule has 0 aliphatic carbocycles. The monoisotopic (exact) mass is 472 g/mol. The van der Waals surface area contributed by atoms with Gasteiger partial charge in [-0.05, 0) is 50.6 Å². The Hall–Kier alpha value is -2.98. The summed E-state index contributed by atoms with van der Waals surface area (Å²) in [6.45, 7) is 5.35. The molecule has 0 spiro atoms. The van der Waals surface area contributed by atoms with Crippen LogP contribution in [0.1, 0.15) is 41.8 Å². The van der Waals surface area contributed by atoms with Gasteiger partial charge in [0.15, 0.2) is 5.82 Å². The lowest BCUT2D eigenvalue weighted by atomic mass is 9.97. The van der Waals surface area contributed by atoms with Crippen LogP contribution in [0.2, 0.25) is 0 Å². The molecule has 5 rings (SSSR count). The van der Waals surface area contributed by atoms with E-state index < -0.39 is 17.8 Å². The van der Waals surface area contributed by atoms with Crippen molar-refractivity contribution < 1.29 is 17.9 Å². The van der Waals surface area contributed by atoms with Crippen LogP contribution in [0.5, 0.6) is 0 Å². The maximum Gasteiger partial charge on any atom is 0.416 e. The average molecular weight is 473 g/mol. The fourth-order valence-corrected chi connectivity index (χ4v) is 5.04. The van der Waals surface area contributed by atoms with E-state index in [2.05, 4.69) is 25.7 Å². The molecule has 2 saturated heterocycles. The number of rotatable bonds is 6. The molecule has 34 heavy (non-hydrogen) atoms. The van der Waals surface area contributed by atoms with Gasteiger partial charge in [0.2, 0.25) is 0 Å². The van der Waals surface area contributed by atoms with Gasteiger partial charge in [0.25, 0.3) is 0 Å². The molecule has 2 aliphatic rings. The number of pyridine rings is 1. The minimum absolute atomic E-state index is 0.203. The molecule has 3 atom stereocenters. The zero-order valence-electron chi connectivity index (χ0n) is 19.3. The minimum Gasteiger partial charge on any atom is -0.374 e. The molecule has 2 N–H and O–H groups in total. The first kappa shape index (κ1) is 22.8. The van der Waals surface area contributed by atoms with Gasteiger partial charge in [0, 0.05) is 30.1 Å². The Morgan fingerprint density at radius 3 is 2.74 bits per heavy atom. The van der Waals surface area contributed by atoms with E-state index in [-0.39, 0.29) is 11.7 Å². The Bertz CT molecular complexity index is 1220. The van der Waals surface area contributed by atoms with Crippen molar-refractivity contribution in [2.24, 2.45) is 0 Å². The molecule has 0 radical (unpaired) electrons. The highest BCUT2D eigenvalue weighted by Gasteiger charge is 2.39. The summed E-state index contributed by atoms with van der Waals surface area (Å²) in [5, 5.41) is 16.9. The second kappa shape index (κ2) is 8.66. The van der Waals surface area contributed by atoms with E-state index in [0.717, 1.165) is 41.3 Å². The quantitative estimate of drug-likeness (QED) is 0.556. The first-order valence-corrected chi connectivity index (χ1v) is 11.4. The molecule has 2 aromatic heterocycles. The molecule has 1 unspecified atom stereocenters. The molecule has 4 heterocycles. The van der Waals surface area contributed by atoms with Crippen LogP contribution in [0.15, 0.2) is 30.5 Å². The number of hydrogen-bond donors (Lipinski definition) is 2. The van der Waals surface area contributed by atoms with Gasteiger partial charge in [-0.25, -0.2) is 4.98 Å². The van der Waals surface area contributed by atoms with Crippen LogP contribution in [-0.2, 0) is 17.5 Å². The Balaban J connectivity index is 1.52. The van der Waals surface area contributed by atoms with Crippen molar-refractivity contribution in [1.29, 1.82) is 0 Å². The van der Waals surface area contributed by atoms with Gasteiger partial charge in [-0.2, -0.15) is 18.3 Å². The zero-order chi connectivity index (χ0) is 24.0. The Morgan fingerprint density at radius 2 is 2.06 bits per heavy atom. The van der Waals surface area contributed by atoms with Crippen LogP contribution < -0.4 is 15.5 Å². The maximum atomic E-state index is 13.4. The predicted octanol–water partition coefficient (Wildman–Crippen LogP) is 4.22. The van der Waals surface area contributed by atoms with Gasteiger partial charge in [-0.15, -0.1) is 5.10 Å². The van der Waals surface area contributed by atoms with Crippen LogP contribution in [0.25, 0.3) is 10.8 Å². The third kappa shape index (κ3) is 4.05. The average Bonchev–Trinajstić information content (AvgIpc) is 3.43. The van der Waals surface area contributed by atoms with Crippen LogP contribution in [0.3, 0.4) is 0 Å². The highest BCUT2D eigenvalue weighted by molar-refractivity contribution is 5.94. The number of nitrogens with one attached hydrogen (secondary N) is 2. The molecule has 180 valence electrons. The lowest BCUT2D eigenvalue weighted by Crippen LogP contribution is -2.37. The Morgan fingerprint density at radius 1 is 1.24 bits per heavy atom. The number of halogens is 3. The van der Waals surface area contributed by atoms with Gasteiger partial charge < -0.3 is 20.3 Å². The first-order valence-electron chi connectivity index (χ1n) is 11.4. The van der Waals surface area contributed by atoms with Crippen molar-refractivity contribution >= 4 is 22.4 Å². The summed E-state index contributed by atoms with van der Waals surface area (Å²) in [6, 6.07) is 6.15. The fraction of sp³-hybridized carbons (Fsp3) is 0.458. The van der Waals surface area contributed by atoms with E-state index in [1.807, 2.05) is 26.2 Å². The minimum atomic E-state index is -4.40. The molecular formula is C24H27F3N6O. The molecular weight excluding hydrogens is 445 g/mol. The fourth-order valence-electron chi connectivity index (χ4n) is 5.04. The highest BCUT2D eigenvalue weighted by atomic mass is 19.4. The molecule has 10 heteroatoms. The van der Waals surface area contributed by atoms with Crippen molar-refractivity contribution in [1.82, 2.24) is 20.5 Å². The summed E-state index contributed by atoms with van der Waals surface area (Å²) >= 11 is 0. The first-order chi connectivity index (χ1) is 16.3. The Kier molecular flexibility index (Phi) is 5.81. The van der Waals surface area contributed by atoms with Crippen LogP contribution in [0.4, 0.5) is 24.8 Å². The smallest absolute Gasteiger partial charge is 0.374 e. The third-order valence-corrected chi connectivity index (χ3v) is 6.77. The number of ether oxygens (including phenoxy) is 1. The van der Waals surface area contributed by atoms with Crippen molar-refractivity contribution in [3.8, 4) is 0 Å². The molecule has 1 aromatic carbocycles. The summed E-state index contributed by atoms with van der Waals surface area (Å²) in [7, 11) is 1.83. The third-order valence-electron chi connectivity index (χ3n) is 6.77. The standard InChI is InChI=1S/C24H27F3N6O/c1-13-17(5-4-6-20(13)24(25,26)27)14(2)30-23-18-8-22(33-11-16-7-15(33)12-34-16)29-9-19(18)21(10-28-3)31-32-23/h4-6,8-9,14-16,28H,7,10-12H2,1-3H3,(H,30,32)/t14?,15-,16-/m1/s1.